The molecule has 0 aliphatic carbocycles. The number of aromatic nitrogens is 3. The number of fused-ring (bicyclic) bond motifs is 1. The lowest BCUT2D eigenvalue weighted by Gasteiger charge is -2.40. The topological polar surface area (TPSA) is 42.7 Å². The van der Waals surface area contributed by atoms with Gasteiger partial charge in [0, 0.05) is 36.6 Å². The van der Waals surface area contributed by atoms with Gasteiger partial charge in [0.05, 0.1) is 18.4 Å². The van der Waals surface area contributed by atoms with Crippen LogP contribution in [0.4, 0.5) is 0 Å². The maximum absolute atomic E-state index is 6.43. The Labute approximate surface area is 161 Å². The van der Waals surface area contributed by atoms with Gasteiger partial charge in [0.2, 0.25) is 0 Å². The average Bonchev–Trinajstić information content (AvgIpc) is 3.05. The second-order valence-electron chi connectivity index (χ2n) is 7.96. The zero-order valence-electron chi connectivity index (χ0n) is 16.6. The van der Waals surface area contributed by atoms with Gasteiger partial charge in [-0.15, -0.1) is 0 Å². The molecule has 0 N–H and O–H groups in total. The predicted molar refractivity (Wildman–Crippen MR) is 107 cm³/mol. The fourth-order valence-corrected chi connectivity index (χ4v) is 3.88. The van der Waals surface area contributed by atoms with Crippen molar-refractivity contribution in [3.63, 3.8) is 0 Å². The van der Waals surface area contributed by atoms with Gasteiger partial charge in [-0.25, -0.2) is 9.50 Å². The van der Waals surface area contributed by atoms with E-state index in [2.05, 4.69) is 67.2 Å². The van der Waals surface area contributed by atoms with Gasteiger partial charge >= 0.3 is 0 Å². The lowest BCUT2D eigenvalue weighted by Crippen LogP contribution is -2.45. The van der Waals surface area contributed by atoms with E-state index in [9.17, 15) is 0 Å². The van der Waals surface area contributed by atoms with Gasteiger partial charge in [-0.1, -0.05) is 44.2 Å². The lowest BCUT2D eigenvalue weighted by atomic mass is 10.0. The molecule has 1 aliphatic heterocycles. The first-order valence-corrected chi connectivity index (χ1v) is 9.75. The number of benzene rings is 1. The van der Waals surface area contributed by atoms with Gasteiger partial charge < -0.3 is 4.74 Å². The molecule has 1 fully saturated rings. The van der Waals surface area contributed by atoms with Crippen molar-refractivity contribution >= 4 is 5.65 Å². The number of ether oxygens (including phenoxy) is 1. The van der Waals surface area contributed by atoms with Gasteiger partial charge in [-0.3, -0.25) is 4.90 Å². The van der Waals surface area contributed by atoms with Gasteiger partial charge in [0.1, 0.15) is 0 Å². The molecule has 1 saturated heterocycles. The molecule has 0 radical (unpaired) electrons. The maximum Gasteiger partial charge on any atom is 0.159 e. The summed E-state index contributed by atoms with van der Waals surface area (Å²) in [5.41, 5.74) is 5.55. The Morgan fingerprint density at radius 1 is 1.15 bits per heavy atom. The summed E-state index contributed by atoms with van der Waals surface area (Å²) in [6.45, 7) is 11.2. The Balaban J connectivity index is 1.61. The number of aryl methyl sites for hydroxylation is 2. The fraction of sp³-hybridized carbons (Fsp3) is 0.455. The van der Waals surface area contributed by atoms with Crippen LogP contribution in [0.25, 0.3) is 5.65 Å². The van der Waals surface area contributed by atoms with E-state index in [0.29, 0.717) is 5.92 Å². The van der Waals surface area contributed by atoms with Gasteiger partial charge in [0.15, 0.2) is 5.65 Å². The Morgan fingerprint density at radius 2 is 1.93 bits per heavy atom. The van der Waals surface area contributed by atoms with E-state index in [1.165, 1.54) is 11.1 Å². The zero-order chi connectivity index (χ0) is 19.0. The van der Waals surface area contributed by atoms with Crippen LogP contribution in [0.2, 0.25) is 0 Å². The second kappa shape index (κ2) is 7.41. The van der Waals surface area contributed by atoms with Crippen LogP contribution in [0.3, 0.4) is 0 Å². The molecular weight excluding hydrogens is 336 g/mol. The largest absolute Gasteiger partial charge is 0.367 e. The Hall–Kier alpha value is -2.24. The smallest absolute Gasteiger partial charge is 0.159 e. The normalized spacial score (nSPS) is 21.2. The summed E-state index contributed by atoms with van der Waals surface area (Å²) < 4.78 is 8.37. The highest BCUT2D eigenvalue weighted by Crippen LogP contribution is 2.29. The fourth-order valence-electron chi connectivity index (χ4n) is 3.88. The van der Waals surface area contributed by atoms with E-state index in [4.69, 9.17) is 9.72 Å². The molecule has 2 aromatic heterocycles. The van der Waals surface area contributed by atoms with Crippen molar-refractivity contribution in [3.8, 4) is 0 Å². The van der Waals surface area contributed by atoms with Crippen LogP contribution in [0.1, 0.15) is 42.5 Å². The summed E-state index contributed by atoms with van der Waals surface area (Å²) in [5, 5.41) is 4.55. The van der Waals surface area contributed by atoms with E-state index in [1.807, 2.05) is 17.6 Å². The maximum atomic E-state index is 6.43. The SMILES string of the molecule is Cc1cc(C)n2ncc(CN3C[C@@H](c4ccccc4)O[C@@H](C(C)C)C3)c2n1. The highest BCUT2D eigenvalue weighted by atomic mass is 16.5. The molecule has 142 valence electrons. The van der Waals surface area contributed by atoms with Gasteiger partial charge in [-0.05, 0) is 31.4 Å². The first-order valence-electron chi connectivity index (χ1n) is 9.75. The highest BCUT2D eigenvalue weighted by molar-refractivity contribution is 5.47. The zero-order valence-corrected chi connectivity index (χ0v) is 16.6. The highest BCUT2D eigenvalue weighted by Gasteiger charge is 2.31. The quantitative estimate of drug-likeness (QED) is 0.703. The molecular formula is C22H28N4O. The summed E-state index contributed by atoms with van der Waals surface area (Å²) in [7, 11) is 0. The molecule has 0 saturated carbocycles. The van der Waals surface area contributed by atoms with E-state index >= 15 is 0 Å². The third-order valence-electron chi connectivity index (χ3n) is 5.36. The van der Waals surface area contributed by atoms with Crippen LogP contribution in [0.15, 0.2) is 42.6 Å². The number of hydrogen-bond acceptors (Lipinski definition) is 4. The minimum absolute atomic E-state index is 0.102. The number of rotatable bonds is 4. The molecule has 3 heterocycles. The standard InChI is InChI=1S/C22H28N4O/c1-15(2)20-13-25(14-21(27-20)18-8-6-5-7-9-18)12-19-11-23-26-17(4)10-16(3)24-22(19)26/h5-11,15,20-21H,12-14H2,1-4H3/t20-,21+/m1/s1. The average molecular weight is 364 g/mol. The molecule has 0 amide bonds. The van der Waals surface area contributed by atoms with Crippen molar-refractivity contribution in [3.05, 3.63) is 65.1 Å². The number of nitrogens with zero attached hydrogens (tertiary/aromatic N) is 4. The van der Waals surface area contributed by atoms with E-state index < -0.39 is 0 Å². The molecule has 5 nitrogen and oxygen atoms in total. The first-order chi connectivity index (χ1) is 13.0. The van der Waals surface area contributed by atoms with Gasteiger partial charge in [0.25, 0.3) is 0 Å². The molecule has 4 rings (SSSR count). The molecule has 5 heteroatoms. The molecule has 1 aromatic carbocycles. The van der Waals surface area contributed by atoms with Crippen LogP contribution >= 0.6 is 0 Å². The summed E-state index contributed by atoms with van der Waals surface area (Å²) >= 11 is 0. The van der Waals surface area contributed by atoms with Crippen LogP contribution < -0.4 is 0 Å². The predicted octanol–water partition coefficient (Wildman–Crippen LogP) is 3.94. The van der Waals surface area contributed by atoms with Crippen LogP contribution in [-0.4, -0.2) is 38.7 Å². The van der Waals surface area contributed by atoms with E-state index in [1.54, 1.807) is 0 Å². The molecule has 1 aliphatic rings. The van der Waals surface area contributed by atoms with E-state index in [0.717, 1.165) is 36.7 Å². The Kier molecular flexibility index (Phi) is 4.98. The molecule has 2 atom stereocenters. The summed E-state index contributed by atoms with van der Waals surface area (Å²) in [6.07, 6.45) is 2.29. The minimum Gasteiger partial charge on any atom is -0.367 e. The summed E-state index contributed by atoms with van der Waals surface area (Å²) in [6, 6.07) is 12.6. The molecule has 0 unspecified atom stereocenters. The number of hydrogen-bond donors (Lipinski definition) is 0. The Morgan fingerprint density at radius 3 is 2.67 bits per heavy atom. The van der Waals surface area contributed by atoms with Crippen molar-refractivity contribution in [1.29, 1.82) is 0 Å². The summed E-state index contributed by atoms with van der Waals surface area (Å²) in [4.78, 5) is 7.22. The van der Waals surface area contributed by atoms with Crippen LogP contribution in [0.5, 0.6) is 0 Å². The van der Waals surface area contributed by atoms with Crippen LogP contribution in [0, 0.1) is 19.8 Å². The second-order valence-corrected chi connectivity index (χ2v) is 7.96. The lowest BCUT2D eigenvalue weighted by molar-refractivity contribution is -0.107. The van der Waals surface area contributed by atoms with Crippen molar-refractivity contribution in [2.45, 2.75) is 46.4 Å². The molecule has 27 heavy (non-hydrogen) atoms. The third kappa shape index (κ3) is 3.75. The van der Waals surface area contributed by atoms with Gasteiger partial charge in [-0.2, -0.15) is 5.10 Å². The van der Waals surface area contributed by atoms with Crippen LogP contribution in [-0.2, 0) is 11.3 Å². The molecule has 0 spiro atoms. The monoisotopic (exact) mass is 364 g/mol. The van der Waals surface area contributed by atoms with Crippen molar-refractivity contribution in [2.24, 2.45) is 5.92 Å². The van der Waals surface area contributed by atoms with E-state index in [-0.39, 0.29) is 12.2 Å². The number of morpholine rings is 1. The van der Waals surface area contributed by atoms with Crippen molar-refractivity contribution in [2.75, 3.05) is 13.1 Å². The minimum atomic E-state index is 0.102. The molecule has 3 aromatic rings. The third-order valence-corrected chi connectivity index (χ3v) is 5.36. The first kappa shape index (κ1) is 18.1. The molecule has 0 bridgehead atoms. The summed E-state index contributed by atoms with van der Waals surface area (Å²) in [5.74, 6) is 0.477. The van der Waals surface area contributed by atoms with Crippen molar-refractivity contribution < 1.29 is 4.74 Å². The van der Waals surface area contributed by atoms with Crippen molar-refractivity contribution in [1.82, 2.24) is 19.5 Å². The Bertz CT molecular complexity index is 919.